The van der Waals surface area contributed by atoms with Gasteiger partial charge in [-0.1, -0.05) is 18.2 Å². The second-order valence-electron chi connectivity index (χ2n) is 8.35. The van der Waals surface area contributed by atoms with E-state index in [1.165, 1.54) is 7.11 Å². The van der Waals surface area contributed by atoms with E-state index in [-0.39, 0.29) is 24.9 Å². The highest BCUT2D eigenvalue weighted by Gasteiger charge is 2.43. The van der Waals surface area contributed by atoms with Crippen LogP contribution in [0.5, 0.6) is 17.2 Å². The van der Waals surface area contributed by atoms with E-state index in [9.17, 15) is 9.59 Å². The second-order valence-corrected chi connectivity index (χ2v) is 8.35. The smallest absolute Gasteiger partial charge is 0.407 e. The molecule has 0 aromatic heterocycles. The molecule has 0 saturated carbocycles. The molecule has 1 aromatic carbocycles. The van der Waals surface area contributed by atoms with Gasteiger partial charge in [-0.05, 0) is 13.0 Å². The van der Waals surface area contributed by atoms with Gasteiger partial charge in [0.1, 0.15) is 19.8 Å². The number of ether oxygens (including phenoxy) is 6. The predicted molar refractivity (Wildman–Crippen MR) is 118 cm³/mol. The number of benzene rings is 1. The van der Waals surface area contributed by atoms with Crippen LogP contribution >= 0.6 is 0 Å². The molecular formula is C24H29NO8. The van der Waals surface area contributed by atoms with Crippen LogP contribution < -0.4 is 19.5 Å². The minimum Gasteiger partial charge on any atom is -0.500 e. The van der Waals surface area contributed by atoms with Gasteiger partial charge in [-0.25, -0.2) is 4.79 Å². The summed E-state index contributed by atoms with van der Waals surface area (Å²) in [5.74, 6) is 0.558. The summed E-state index contributed by atoms with van der Waals surface area (Å²) in [4.78, 5) is 25.0. The number of alkyl carbamates (subject to hydrolysis) is 1. The van der Waals surface area contributed by atoms with E-state index in [1.807, 2.05) is 25.1 Å². The fourth-order valence-electron chi connectivity index (χ4n) is 4.14. The van der Waals surface area contributed by atoms with Gasteiger partial charge in [-0.15, -0.1) is 0 Å². The van der Waals surface area contributed by atoms with Crippen LogP contribution in [-0.4, -0.2) is 65.7 Å². The van der Waals surface area contributed by atoms with Gasteiger partial charge in [0.25, 0.3) is 0 Å². The fourth-order valence-corrected chi connectivity index (χ4v) is 4.14. The van der Waals surface area contributed by atoms with E-state index in [2.05, 4.69) is 5.32 Å². The lowest BCUT2D eigenvalue weighted by atomic mass is 9.79. The average Bonchev–Trinajstić information content (AvgIpc) is 3.28. The average molecular weight is 459 g/mol. The standard InChI is InChI=1S/C24H29NO8/c1-4-25-23(27)33-14-24(11-31-12-24)13-32-21-17(7-8-19(28-2)22(21)29-3)16-6-5-15-9-30-10-18(15)20(16)26/h5-9,16,18H,4,10-14H2,1-3H3,(H,25,27). The van der Waals surface area contributed by atoms with Crippen molar-refractivity contribution in [2.24, 2.45) is 11.3 Å². The quantitative estimate of drug-likeness (QED) is 0.601. The molecule has 1 fully saturated rings. The van der Waals surface area contributed by atoms with Crippen molar-refractivity contribution in [1.29, 1.82) is 0 Å². The summed E-state index contributed by atoms with van der Waals surface area (Å²) in [6.45, 7) is 3.79. The van der Waals surface area contributed by atoms with E-state index in [4.69, 9.17) is 28.4 Å². The molecule has 2 atom stereocenters. The molecule has 1 aromatic rings. The van der Waals surface area contributed by atoms with Crippen molar-refractivity contribution in [3.05, 3.63) is 41.7 Å². The Hall–Kier alpha value is -3.20. The summed E-state index contributed by atoms with van der Waals surface area (Å²) >= 11 is 0. The predicted octanol–water partition coefficient (Wildman–Crippen LogP) is 2.60. The number of fused-ring (bicyclic) bond motifs is 1. The SMILES string of the molecule is CCNC(=O)OCC1(COc2c(C3C=CC4=COCC4C3=O)ccc(OC)c2OC)COC1. The molecule has 1 saturated heterocycles. The molecule has 9 nitrogen and oxygen atoms in total. The number of amides is 1. The summed E-state index contributed by atoms with van der Waals surface area (Å²) in [6.07, 6.45) is 4.93. The molecule has 1 N–H and O–H groups in total. The topological polar surface area (TPSA) is 102 Å². The lowest BCUT2D eigenvalue weighted by Crippen LogP contribution is -2.51. The van der Waals surface area contributed by atoms with E-state index in [1.54, 1.807) is 19.4 Å². The van der Waals surface area contributed by atoms with Crippen molar-refractivity contribution < 1.29 is 38.0 Å². The third kappa shape index (κ3) is 4.50. The number of ketones is 1. The summed E-state index contributed by atoms with van der Waals surface area (Å²) < 4.78 is 33.5. The molecule has 0 bridgehead atoms. The number of allylic oxidation sites excluding steroid dienone is 2. The van der Waals surface area contributed by atoms with Crippen LogP contribution in [0.15, 0.2) is 36.1 Å². The first kappa shape index (κ1) is 23.0. The highest BCUT2D eigenvalue weighted by atomic mass is 16.6. The Bertz CT molecular complexity index is 965. The zero-order valence-corrected chi connectivity index (χ0v) is 19.1. The molecule has 33 heavy (non-hydrogen) atoms. The number of nitrogens with one attached hydrogen (secondary N) is 1. The van der Waals surface area contributed by atoms with Gasteiger partial charge in [-0.2, -0.15) is 0 Å². The number of carbonyl (C=O) groups is 2. The van der Waals surface area contributed by atoms with Gasteiger partial charge in [0, 0.05) is 17.7 Å². The van der Waals surface area contributed by atoms with Gasteiger partial charge in [0.05, 0.1) is 50.9 Å². The van der Waals surface area contributed by atoms with E-state index < -0.39 is 17.4 Å². The largest absolute Gasteiger partial charge is 0.500 e. The maximum absolute atomic E-state index is 13.2. The number of rotatable bonds is 9. The Labute approximate surface area is 192 Å². The second kappa shape index (κ2) is 9.74. The summed E-state index contributed by atoms with van der Waals surface area (Å²) in [6, 6.07) is 3.59. The van der Waals surface area contributed by atoms with Gasteiger partial charge in [0.2, 0.25) is 5.75 Å². The summed E-state index contributed by atoms with van der Waals surface area (Å²) in [5, 5.41) is 2.61. The molecule has 1 amide bonds. The van der Waals surface area contributed by atoms with Crippen molar-refractivity contribution in [1.82, 2.24) is 5.32 Å². The molecule has 0 radical (unpaired) electrons. The number of methoxy groups -OCH3 is 2. The number of hydrogen-bond acceptors (Lipinski definition) is 8. The van der Waals surface area contributed by atoms with Gasteiger partial charge in [-0.3, -0.25) is 4.79 Å². The van der Waals surface area contributed by atoms with Crippen molar-refractivity contribution >= 4 is 11.9 Å². The molecule has 178 valence electrons. The van der Waals surface area contributed by atoms with Crippen molar-refractivity contribution in [2.75, 3.05) is 53.8 Å². The third-order valence-electron chi connectivity index (χ3n) is 6.05. The zero-order chi connectivity index (χ0) is 23.4. The molecular weight excluding hydrogens is 430 g/mol. The zero-order valence-electron chi connectivity index (χ0n) is 19.1. The molecule has 2 aliphatic heterocycles. The van der Waals surface area contributed by atoms with Gasteiger partial charge in [0.15, 0.2) is 17.3 Å². The first-order valence-electron chi connectivity index (χ1n) is 10.9. The monoisotopic (exact) mass is 459 g/mol. The highest BCUT2D eigenvalue weighted by Crippen LogP contribution is 2.46. The molecule has 3 aliphatic rings. The van der Waals surface area contributed by atoms with Crippen LogP contribution in [0.25, 0.3) is 0 Å². The molecule has 9 heteroatoms. The van der Waals surface area contributed by atoms with E-state index in [0.29, 0.717) is 49.2 Å². The Kier molecular flexibility index (Phi) is 6.78. The maximum atomic E-state index is 13.2. The molecule has 2 unspecified atom stereocenters. The van der Waals surface area contributed by atoms with Crippen LogP contribution in [0.4, 0.5) is 4.79 Å². The molecule has 1 aliphatic carbocycles. The Balaban J connectivity index is 1.60. The first-order chi connectivity index (χ1) is 16.0. The normalized spacial score (nSPS) is 22.4. The van der Waals surface area contributed by atoms with Crippen molar-refractivity contribution in [3.63, 3.8) is 0 Å². The van der Waals surface area contributed by atoms with Crippen molar-refractivity contribution in [2.45, 2.75) is 12.8 Å². The molecule has 0 spiro atoms. The van der Waals surface area contributed by atoms with Crippen LogP contribution in [0, 0.1) is 11.3 Å². The molecule has 2 heterocycles. The minimum absolute atomic E-state index is 0.0413. The number of Topliss-reactive ketones (excluding diaryl/α,β-unsaturated/α-hetero) is 1. The van der Waals surface area contributed by atoms with Crippen LogP contribution in [0.3, 0.4) is 0 Å². The third-order valence-corrected chi connectivity index (χ3v) is 6.05. The Morgan fingerprint density at radius 1 is 1.18 bits per heavy atom. The van der Waals surface area contributed by atoms with Crippen LogP contribution in [-0.2, 0) is 19.0 Å². The lowest BCUT2D eigenvalue weighted by molar-refractivity contribution is -0.154. The van der Waals surface area contributed by atoms with E-state index in [0.717, 1.165) is 5.57 Å². The van der Waals surface area contributed by atoms with E-state index >= 15 is 0 Å². The number of hydrogen-bond donors (Lipinski definition) is 1. The highest BCUT2D eigenvalue weighted by molar-refractivity contribution is 5.95. The lowest BCUT2D eigenvalue weighted by Gasteiger charge is -2.40. The minimum atomic E-state index is -0.510. The Morgan fingerprint density at radius 3 is 2.67 bits per heavy atom. The van der Waals surface area contributed by atoms with Gasteiger partial charge < -0.3 is 33.7 Å². The first-order valence-corrected chi connectivity index (χ1v) is 10.9. The Morgan fingerprint density at radius 2 is 2.00 bits per heavy atom. The van der Waals surface area contributed by atoms with Gasteiger partial charge >= 0.3 is 6.09 Å². The molecule has 4 rings (SSSR count). The summed E-state index contributed by atoms with van der Waals surface area (Å²) in [7, 11) is 3.07. The maximum Gasteiger partial charge on any atom is 0.407 e. The number of carbonyl (C=O) groups excluding carboxylic acids is 2. The fraction of sp³-hybridized carbons (Fsp3) is 0.500. The van der Waals surface area contributed by atoms with Crippen molar-refractivity contribution in [3.8, 4) is 17.2 Å². The van der Waals surface area contributed by atoms with Crippen LogP contribution in [0.1, 0.15) is 18.4 Å². The van der Waals surface area contributed by atoms with Crippen LogP contribution in [0.2, 0.25) is 0 Å². The summed E-state index contributed by atoms with van der Waals surface area (Å²) in [5.41, 5.74) is 1.07.